The molecule has 1 amide bonds. The predicted molar refractivity (Wildman–Crippen MR) is 74.4 cm³/mol. The molecule has 1 aliphatic rings. The second kappa shape index (κ2) is 7.34. The van der Waals surface area contributed by atoms with Crippen molar-refractivity contribution in [2.75, 3.05) is 6.54 Å². The molecule has 106 valence electrons. The van der Waals surface area contributed by atoms with Crippen LogP contribution < -0.4 is 0 Å². The molecule has 0 radical (unpaired) electrons. The van der Waals surface area contributed by atoms with Crippen molar-refractivity contribution in [1.82, 2.24) is 4.90 Å². The minimum Gasteiger partial charge on any atom is -0.373 e. The molecule has 4 atom stereocenters. The summed E-state index contributed by atoms with van der Waals surface area (Å²) in [6.07, 6.45) is 4.17. The Labute approximate surface area is 115 Å². The number of alkyl halides is 1. The lowest BCUT2D eigenvalue weighted by Gasteiger charge is -2.40. The number of amides is 1. The van der Waals surface area contributed by atoms with Crippen LogP contribution in [0, 0.1) is 11.8 Å². The number of nitrogens with zero attached hydrogens (tertiary/aromatic N) is 1. The molecule has 0 aliphatic carbocycles. The van der Waals surface area contributed by atoms with Crippen molar-refractivity contribution in [3.05, 3.63) is 0 Å². The van der Waals surface area contributed by atoms with Crippen molar-refractivity contribution in [1.29, 1.82) is 0 Å². The van der Waals surface area contributed by atoms with Crippen LogP contribution in [0.1, 0.15) is 52.9 Å². The quantitative estimate of drug-likeness (QED) is 0.757. The lowest BCUT2D eigenvalue weighted by Crippen LogP contribution is -2.53. The first kappa shape index (κ1) is 15.8. The van der Waals surface area contributed by atoms with E-state index in [4.69, 9.17) is 11.6 Å². The Kier molecular flexibility index (Phi) is 6.44. The van der Waals surface area contributed by atoms with E-state index < -0.39 is 6.23 Å². The van der Waals surface area contributed by atoms with Crippen molar-refractivity contribution < 1.29 is 9.90 Å². The number of hydrogen-bond donors (Lipinski definition) is 1. The van der Waals surface area contributed by atoms with Gasteiger partial charge in [0.25, 0.3) is 0 Å². The Balaban J connectivity index is 2.60. The maximum Gasteiger partial charge on any atom is 0.226 e. The number of piperidine rings is 1. The molecule has 1 rings (SSSR count). The summed E-state index contributed by atoms with van der Waals surface area (Å²) in [4.78, 5) is 13.6. The molecule has 0 aromatic rings. The molecule has 1 N–H and O–H groups in total. The van der Waals surface area contributed by atoms with E-state index in [0.717, 1.165) is 12.8 Å². The molecule has 0 bridgehead atoms. The van der Waals surface area contributed by atoms with Gasteiger partial charge >= 0.3 is 0 Å². The summed E-state index contributed by atoms with van der Waals surface area (Å²) < 4.78 is 0. The number of aliphatic hydroxyl groups excluding tert-OH is 1. The minimum atomic E-state index is -0.718. The minimum absolute atomic E-state index is 0.00412. The maximum absolute atomic E-state index is 12.0. The second-order valence-electron chi connectivity index (χ2n) is 5.46. The standard InChI is InChI=1S/C14H26ClNO2/c1-4-6-7-11(5-2)9-16-13(17)8-12(15)10(3)14(16)18/h10-12,14,18H,4-9H2,1-3H3. The highest BCUT2D eigenvalue weighted by atomic mass is 35.5. The van der Waals surface area contributed by atoms with E-state index in [1.807, 2.05) is 6.92 Å². The average molecular weight is 276 g/mol. The van der Waals surface area contributed by atoms with Gasteiger partial charge in [0.2, 0.25) is 5.91 Å². The van der Waals surface area contributed by atoms with Crippen molar-refractivity contribution in [3.8, 4) is 0 Å². The van der Waals surface area contributed by atoms with Gasteiger partial charge in [0.1, 0.15) is 6.23 Å². The molecule has 1 saturated heterocycles. The highest BCUT2D eigenvalue weighted by Gasteiger charge is 2.38. The number of carbonyl (C=O) groups excluding carboxylic acids is 1. The van der Waals surface area contributed by atoms with Crippen molar-refractivity contribution >= 4 is 17.5 Å². The molecule has 0 spiro atoms. The zero-order chi connectivity index (χ0) is 13.7. The van der Waals surface area contributed by atoms with Crippen molar-refractivity contribution in [2.45, 2.75) is 64.5 Å². The Bertz CT molecular complexity index is 273. The number of unbranched alkanes of at least 4 members (excludes halogenated alkanes) is 1. The predicted octanol–water partition coefficient (Wildman–Crippen LogP) is 3.00. The molecule has 0 aromatic carbocycles. The van der Waals surface area contributed by atoms with Gasteiger partial charge in [0.05, 0.1) is 0 Å². The van der Waals surface area contributed by atoms with Crippen LogP contribution in [0.2, 0.25) is 0 Å². The van der Waals surface area contributed by atoms with Crippen LogP contribution in [-0.2, 0) is 4.79 Å². The van der Waals surface area contributed by atoms with Gasteiger partial charge in [-0.15, -0.1) is 11.6 Å². The Morgan fingerprint density at radius 2 is 2.17 bits per heavy atom. The van der Waals surface area contributed by atoms with Gasteiger partial charge in [0, 0.05) is 24.3 Å². The summed E-state index contributed by atoms with van der Waals surface area (Å²) in [7, 11) is 0. The Morgan fingerprint density at radius 1 is 1.50 bits per heavy atom. The molecule has 1 fully saturated rings. The summed E-state index contributed by atoms with van der Waals surface area (Å²) in [5, 5.41) is 9.93. The van der Waals surface area contributed by atoms with Crippen LogP contribution in [0.5, 0.6) is 0 Å². The van der Waals surface area contributed by atoms with Gasteiger partial charge in [0.15, 0.2) is 0 Å². The molecule has 1 aliphatic heterocycles. The van der Waals surface area contributed by atoms with E-state index in [2.05, 4.69) is 13.8 Å². The molecular weight excluding hydrogens is 250 g/mol. The highest BCUT2D eigenvalue weighted by Crippen LogP contribution is 2.29. The number of hydrogen-bond acceptors (Lipinski definition) is 2. The van der Waals surface area contributed by atoms with Gasteiger partial charge in [-0.3, -0.25) is 4.79 Å². The molecule has 0 saturated carbocycles. The fourth-order valence-electron chi connectivity index (χ4n) is 2.49. The number of carbonyl (C=O) groups is 1. The van der Waals surface area contributed by atoms with Gasteiger partial charge in [-0.05, 0) is 12.3 Å². The van der Waals surface area contributed by atoms with Gasteiger partial charge < -0.3 is 10.0 Å². The first-order valence-corrected chi connectivity index (χ1v) is 7.56. The van der Waals surface area contributed by atoms with E-state index >= 15 is 0 Å². The van der Waals surface area contributed by atoms with Crippen LogP contribution in [0.4, 0.5) is 0 Å². The van der Waals surface area contributed by atoms with E-state index in [0.29, 0.717) is 18.9 Å². The largest absolute Gasteiger partial charge is 0.373 e. The van der Waals surface area contributed by atoms with E-state index in [1.54, 1.807) is 4.90 Å². The van der Waals surface area contributed by atoms with Crippen molar-refractivity contribution in [2.24, 2.45) is 11.8 Å². The third-order valence-electron chi connectivity index (χ3n) is 4.05. The molecule has 1 heterocycles. The average Bonchev–Trinajstić information content (AvgIpc) is 2.35. The molecule has 3 nitrogen and oxygen atoms in total. The fraction of sp³-hybridized carbons (Fsp3) is 0.929. The van der Waals surface area contributed by atoms with Crippen molar-refractivity contribution in [3.63, 3.8) is 0 Å². The second-order valence-corrected chi connectivity index (χ2v) is 6.02. The van der Waals surface area contributed by atoms with E-state index in [9.17, 15) is 9.90 Å². The normalized spacial score (nSPS) is 30.6. The number of likely N-dealkylation sites (tertiary alicyclic amines) is 1. The Morgan fingerprint density at radius 3 is 2.72 bits per heavy atom. The maximum atomic E-state index is 12.0. The molecule has 4 heteroatoms. The zero-order valence-electron chi connectivity index (χ0n) is 11.7. The Hall–Kier alpha value is -0.280. The molecule has 4 unspecified atom stereocenters. The van der Waals surface area contributed by atoms with Crippen LogP contribution in [0.25, 0.3) is 0 Å². The lowest BCUT2D eigenvalue weighted by atomic mass is 9.93. The fourth-order valence-corrected chi connectivity index (χ4v) is 2.76. The first-order chi connectivity index (χ1) is 8.51. The summed E-state index contributed by atoms with van der Waals surface area (Å²) in [6, 6.07) is 0. The third-order valence-corrected chi connectivity index (χ3v) is 4.60. The van der Waals surface area contributed by atoms with Crippen LogP contribution in [-0.4, -0.2) is 34.1 Å². The molecule has 18 heavy (non-hydrogen) atoms. The summed E-state index contributed by atoms with van der Waals surface area (Å²) in [6.45, 7) is 6.90. The van der Waals surface area contributed by atoms with Gasteiger partial charge in [-0.25, -0.2) is 0 Å². The zero-order valence-corrected chi connectivity index (χ0v) is 12.5. The smallest absolute Gasteiger partial charge is 0.226 e. The number of rotatable bonds is 6. The van der Waals surface area contributed by atoms with Crippen LogP contribution in [0.3, 0.4) is 0 Å². The van der Waals surface area contributed by atoms with E-state index in [1.165, 1.54) is 12.8 Å². The topological polar surface area (TPSA) is 40.5 Å². The van der Waals surface area contributed by atoms with E-state index in [-0.39, 0.29) is 17.2 Å². The summed E-state index contributed by atoms with van der Waals surface area (Å²) in [5.41, 5.74) is 0. The van der Waals surface area contributed by atoms with Gasteiger partial charge in [-0.2, -0.15) is 0 Å². The number of halogens is 1. The molecular formula is C14H26ClNO2. The number of aliphatic hydroxyl groups is 1. The monoisotopic (exact) mass is 275 g/mol. The molecule has 0 aromatic heterocycles. The van der Waals surface area contributed by atoms with Crippen LogP contribution in [0.15, 0.2) is 0 Å². The summed E-state index contributed by atoms with van der Waals surface area (Å²) in [5.74, 6) is 0.436. The third kappa shape index (κ3) is 3.86. The highest BCUT2D eigenvalue weighted by molar-refractivity contribution is 6.22. The summed E-state index contributed by atoms with van der Waals surface area (Å²) >= 11 is 6.07. The first-order valence-electron chi connectivity index (χ1n) is 7.12. The SMILES string of the molecule is CCCCC(CC)CN1C(=O)CC(Cl)C(C)C1O. The lowest BCUT2D eigenvalue weighted by molar-refractivity contribution is -0.153. The van der Waals surface area contributed by atoms with Crippen LogP contribution >= 0.6 is 11.6 Å². The van der Waals surface area contributed by atoms with Gasteiger partial charge in [-0.1, -0.05) is 40.0 Å².